The molecule has 0 aromatic heterocycles. The molecule has 0 unspecified atom stereocenters. The van der Waals surface area contributed by atoms with Gasteiger partial charge in [-0.1, -0.05) is 26.1 Å². The highest BCUT2D eigenvalue weighted by Gasteiger charge is 2.63. The molecule has 1 aromatic rings. The molecule has 8 aliphatic carbocycles. The first-order valence-electron chi connectivity index (χ1n) is 14.3. The van der Waals surface area contributed by atoms with Gasteiger partial charge >= 0.3 is 0 Å². The normalized spacial score (nSPS) is 49.2. The van der Waals surface area contributed by atoms with Crippen molar-refractivity contribution in [2.75, 3.05) is 18.0 Å². The molecule has 1 heterocycles. The van der Waals surface area contributed by atoms with Crippen LogP contribution in [0.1, 0.15) is 89.9 Å². The molecule has 1 saturated heterocycles. The number of rotatable bonds is 4. The third kappa shape index (κ3) is 2.85. The topological polar surface area (TPSA) is 3.24 Å². The Hall–Kier alpha value is -0.550. The molecule has 8 bridgehead atoms. The smallest absolute Gasteiger partial charge is 0.0444 e. The lowest BCUT2D eigenvalue weighted by Crippen LogP contribution is -2.58. The van der Waals surface area contributed by atoms with Gasteiger partial charge in [-0.15, -0.1) is 0 Å². The summed E-state index contributed by atoms with van der Waals surface area (Å²) in [4.78, 5) is 2.81. The van der Waals surface area contributed by atoms with E-state index in [1.165, 1.54) is 25.9 Å². The zero-order valence-corrected chi connectivity index (χ0v) is 20.9. The standard InChI is InChI=1S/C30H42NP/c1-2-6-28(27(5-1)31-7-3-4-8-31)32(29-15-21-9-22(16-29)11-23(10-21)17-29)30-18-24-12-25(19-30)14-26(13-24)20-30/h1-2,5-6,21-26H,3-4,7-20H2. The molecular formula is C30H42NP. The maximum absolute atomic E-state index is 2.81. The fourth-order valence-corrected chi connectivity index (χ4v) is 16.9. The third-order valence-electron chi connectivity index (χ3n) is 11.5. The van der Waals surface area contributed by atoms with Crippen molar-refractivity contribution in [3.8, 4) is 0 Å². The summed E-state index contributed by atoms with van der Waals surface area (Å²) in [7, 11) is -0.0825. The van der Waals surface area contributed by atoms with Gasteiger partial charge in [0.2, 0.25) is 0 Å². The van der Waals surface area contributed by atoms with Crippen LogP contribution in [0.3, 0.4) is 0 Å². The highest BCUT2D eigenvalue weighted by atomic mass is 31.1. The predicted octanol–water partition coefficient (Wildman–Crippen LogP) is 7.33. The average molecular weight is 448 g/mol. The molecule has 0 spiro atoms. The molecule has 10 rings (SSSR count). The summed E-state index contributed by atoms with van der Waals surface area (Å²) in [5.41, 5.74) is 1.70. The molecule has 9 aliphatic rings. The Morgan fingerprint density at radius 1 is 0.594 bits per heavy atom. The van der Waals surface area contributed by atoms with Gasteiger partial charge in [0.25, 0.3) is 0 Å². The van der Waals surface area contributed by atoms with Gasteiger partial charge < -0.3 is 4.90 Å². The second-order valence-electron chi connectivity index (χ2n) is 13.8. The Morgan fingerprint density at radius 3 is 1.44 bits per heavy atom. The molecule has 172 valence electrons. The zero-order valence-electron chi connectivity index (χ0n) is 20.0. The van der Waals surface area contributed by atoms with Crippen molar-refractivity contribution < 1.29 is 0 Å². The molecule has 9 fully saturated rings. The summed E-state index contributed by atoms with van der Waals surface area (Å²) < 4.78 is 0. The van der Waals surface area contributed by atoms with Crippen LogP contribution in [0.25, 0.3) is 0 Å². The van der Waals surface area contributed by atoms with Gasteiger partial charge in [-0.2, -0.15) is 0 Å². The van der Waals surface area contributed by atoms with Crippen LogP contribution in [0.2, 0.25) is 0 Å². The van der Waals surface area contributed by atoms with E-state index in [2.05, 4.69) is 29.2 Å². The van der Waals surface area contributed by atoms with Crippen LogP contribution < -0.4 is 10.2 Å². The van der Waals surface area contributed by atoms with Crippen molar-refractivity contribution in [2.24, 2.45) is 35.5 Å². The van der Waals surface area contributed by atoms with Crippen molar-refractivity contribution in [2.45, 2.75) is 100 Å². The second kappa shape index (κ2) is 6.99. The van der Waals surface area contributed by atoms with E-state index >= 15 is 0 Å². The SMILES string of the molecule is c1ccc(P(C23CC4CC(CC(C4)C2)C3)C23CC4CC(CC(C4)C2)C3)c(N2CCCC2)c1. The summed E-state index contributed by atoms with van der Waals surface area (Å²) in [5.74, 6) is 6.50. The lowest BCUT2D eigenvalue weighted by molar-refractivity contribution is 0.0195. The number of benzene rings is 1. The molecule has 1 aliphatic heterocycles. The van der Waals surface area contributed by atoms with Gasteiger partial charge in [-0.25, -0.2) is 0 Å². The fourth-order valence-electron chi connectivity index (χ4n) is 11.6. The maximum atomic E-state index is 2.81. The summed E-state index contributed by atoms with van der Waals surface area (Å²) in [6.45, 7) is 2.61. The molecule has 0 amide bonds. The molecule has 0 atom stereocenters. The molecule has 0 N–H and O–H groups in total. The molecule has 1 aromatic carbocycles. The molecule has 1 nitrogen and oxygen atoms in total. The van der Waals surface area contributed by atoms with Gasteiger partial charge in [-0.3, -0.25) is 0 Å². The quantitative estimate of drug-likeness (QED) is 0.437. The van der Waals surface area contributed by atoms with Crippen LogP contribution in [0.15, 0.2) is 24.3 Å². The number of para-hydroxylation sites is 1. The van der Waals surface area contributed by atoms with Crippen LogP contribution in [-0.4, -0.2) is 23.4 Å². The maximum Gasteiger partial charge on any atom is 0.0444 e. The van der Waals surface area contributed by atoms with Crippen LogP contribution >= 0.6 is 7.92 Å². The average Bonchev–Trinajstić information content (AvgIpc) is 3.26. The lowest BCUT2D eigenvalue weighted by atomic mass is 9.55. The van der Waals surface area contributed by atoms with Gasteiger partial charge in [0.1, 0.15) is 0 Å². The number of anilines is 1. The Bertz CT molecular complexity index is 783. The Morgan fingerprint density at radius 2 is 1.00 bits per heavy atom. The van der Waals surface area contributed by atoms with E-state index in [-0.39, 0.29) is 7.92 Å². The van der Waals surface area contributed by atoms with Crippen molar-refractivity contribution in [1.82, 2.24) is 0 Å². The number of hydrogen-bond acceptors (Lipinski definition) is 1. The van der Waals surface area contributed by atoms with Crippen LogP contribution in [0, 0.1) is 35.5 Å². The van der Waals surface area contributed by atoms with E-state index in [9.17, 15) is 0 Å². The number of hydrogen-bond donors (Lipinski definition) is 0. The van der Waals surface area contributed by atoms with Crippen LogP contribution in [-0.2, 0) is 0 Å². The minimum Gasteiger partial charge on any atom is -0.371 e. The predicted molar refractivity (Wildman–Crippen MR) is 136 cm³/mol. The first-order valence-corrected chi connectivity index (χ1v) is 15.7. The van der Waals surface area contributed by atoms with Gasteiger partial charge in [0, 0.05) is 24.1 Å². The molecule has 0 radical (unpaired) electrons. The van der Waals surface area contributed by atoms with Crippen molar-refractivity contribution in [1.29, 1.82) is 0 Å². The minimum atomic E-state index is -0.0825. The molecule has 32 heavy (non-hydrogen) atoms. The van der Waals surface area contributed by atoms with E-state index in [1.807, 2.05) is 5.30 Å². The van der Waals surface area contributed by atoms with Crippen LogP contribution in [0.5, 0.6) is 0 Å². The summed E-state index contributed by atoms with van der Waals surface area (Å²) in [5, 5.41) is 3.30. The highest BCUT2D eigenvalue weighted by molar-refractivity contribution is 7.69. The molecule has 8 saturated carbocycles. The minimum absolute atomic E-state index is 0.0825. The highest BCUT2D eigenvalue weighted by Crippen LogP contribution is 2.78. The molecule has 2 heteroatoms. The first-order chi connectivity index (χ1) is 15.7. The summed E-state index contributed by atoms with van der Waals surface area (Å²) >= 11 is 0. The summed E-state index contributed by atoms with van der Waals surface area (Å²) in [6, 6.07) is 10.0. The Labute approximate surface area is 196 Å². The van der Waals surface area contributed by atoms with E-state index in [4.69, 9.17) is 0 Å². The van der Waals surface area contributed by atoms with E-state index < -0.39 is 0 Å². The van der Waals surface area contributed by atoms with Crippen molar-refractivity contribution >= 4 is 18.9 Å². The van der Waals surface area contributed by atoms with Crippen molar-refractivity contribution in [3.63, 3.8) is 0 Å². The second-order valence-corrected chi connectivity index (χ2v) is 16.9. The van der Waals surface area contributed by atoms with Gasteiger partial charge in [-0.05, 0) is 142 Å². The lowest BCUT2D eigenvalue weighted by Gasteiger charge is -2.67. The Kier molecular flexibility index (Phi) is 4.31. The van der Waals surface area contributed by atoms with E-state index in [0.717, 1.165) is 35.5 Å². The van der Waals surface area contributed by atoms with Gasteiger partial charge in [0.05, 0.1) is 0 Å². The van der Waals surface area contributed by atoms with Gasteiger partial charge in [0.15, 0.2) is 0 Å². The van der Waals surface area contributed by atoms with E-state index in [0.29, 0.717) is 10.3 Å². The Balaban J connectivity index is 1.30. The summed E-state index contributed by atoms with van der Waals surface area (Å²) in [6.07, 6.45) is 22.0. The largest absolute Gasteiger partial charge is 0.371 e. The van der Waals surface area contributed by atoms with E-state index in [1.54, 1.807) is 82.7 Å². The third-order valence-corrected chi connectivity index (χ3v) is 15.4. The zero-order chi connectivity index (χ0) is 20.9. The fraction of sp³-hybridized carbons (Fsp3) is 0.800. The van der Waals surface area contributed by atoms with Crippen LogP contribution in [0.4, 0.5) is 5.69 Å². The monoisotopic (exact) mass is 447 g/mol. The molecular weight excluding hydrogens is 405 g/mol. The number of nitrogens with zero attached hydrogens (tertiary/aromatic N) is 1. The first kappa shape index (κ1) is 19.7. The van der Waals surface area contributed by atoms with Crippen molar-refractivity contribution in [3.05, 3.63) is 24.3 Å².